The minimum atomic E-state index is -0.308. The van der Waals surface area contributed by atoms with Crippen molar-refractivity contribution >= 4 is 11.9 Å². The van der Waals surface area contributed by atoms with Gasteiger partial charge in [-0.05, 0) is 26.3 Å². The van der Waals surface area contributed by atoms with Crippen molar-refractivity contribution in [3.63, 3.8) is 0 Å². The van der Waals surface area contributed by atoms with E-state index < -0.39 is 0 Å². The van der Waals surface area contributed by atoms with E-state index in [1.165, 1.54) is 20.0 Å². The lowest BCUT2D eigenvalue weighted by Gasteiger charge is -2.26. The molecule has 0 radical (unpaired) electrons. The van der Waals surface area contributed by atoms with Crippen LogP contribution in [0.25, 0.3) is 0 Å². The summed E-state index contributed by atoms with van der Waals surface area (Å²) in [4.78, 5) is 25.1. The van der Waals surface area contributed by atoms with Crippen LogP contribution < -0.4 is 5.32 Å². The maximum Gasteiger partial charge on any atom is 0.319 e. The summed E-state index contributed by atoms with van der Waals surface area (Å²) in [7, 11) is 1.36. The van der Waals surface area contributed by atoms with Gasteiger partial charge in [0.2, 0.25) is 5.91 Å². The number of hydrogen-bond donors (Lipinski definition) is 1. The summed E-state index contributed by atoms with van der Waals surface area (Å²) in [6, 6.07) is 0.0199. The highest BCUT2D eigenvalue weighted by atomic mass is 16.5. The van der Waals surface area contributed by atoms with E-state index in [0.717, 1.165) is 12.8 Å². The van der Waals surface area contributed by atoms with E-state index in [2.05, 4.69) is 10.1 Å². The van der Waals surface area contributed by atoms with Gasteiger partial charge in [0.25, 0.3) is 0 Å². The monoisotopic (exact) mass is 256 g/mol. The highest BCUT2D eigenvalue weighted by Gasteiger charge is 2.25. The Morgan fingerprint density at radius 3 is 2.50 bits per heavy atom. The lowest BCUT2D eigenvalue weighted by atomic mass is 10.2. The molecule has 0 bridgehead atoms. The number of ether oxygens (including phenoxy) is 1. The fourth-order valence-corrected chi connectivity index (χ4v) is 2.31. The van der Waals surface area contributed by atoms with Crippen LogP contribution in [-0.4, -0.2) is 49.1 Å². The first-order valence-corrected chi connectivity index (χ1v) is 6.69. The van der Waals surface area contributed by atoms with E-state index in [-0.39, 0.29) is 24.5 Å². The van der Waals surface area contributed by atoms with E-state index in [9.17, 15) is 9.59 Å². The topological polar surface area (TPSA) is 58.6 Å². The highest BCUT2D eigenvalue weighted by Crippen LogP contribution is 2.17. The largest absolute Gasteiger partial charge is 0.468 e. The summed E-state index contributed by atoms with van der Waals surface area (Å²) in [5, 5.41) is 3.05. The standard InChI is InChI=1S/C13H24N2O3/c1-4-15(9-12(16)18-3)10(2)13(17)14-11-7-5-6-8-11/h10-11H,4-9H2,1-3H3,(H,14,17). The first-order chi connectivity index (χ1) is 8.58. The van der Waals surface area contributed by atoms with Gasteiger partial charge in [-0.25, -0.2) is 0 Å². The van der Waals surface area contributed by atoms with Crippen molar-refractivity contribution in [2.75, 3.05) is 20.2 Å². The summed E-state index contributed by atoms with van der Waals surface area (Å²) >= 11 is 0. The van der Waals surface area contributed by atoms with Gasteiger partial charge in [0, 0.05) is 6.04 Å². The van der Waals surface area contributed by atoms with Gasteiger partial charge in [0.15, 0.2) is 0 Å². The summed E-state index contributed by atoms with van der Waals surface area (Å²) in [6.07, 6.45) is 4.53. The van der Waals surface area contributed by atoms with E-state index in [4.69, 9.17) is 0 Å². The molecule has 1 N–H and O–H groups in total. The van der Waals surface area contributed by atoms with Crippen LogP contribution >= 0.6 is 0 Å². The van der Waals surface area contributed by atoms with Gasteiger partial charge >= 0.3 is 5.97 Å². The lowest BCUT2D eigenvalue weighted by molar-refractivity contribution is -0.143. The molecule has 1 fully saturated rings. The molecule has 0 aromatic rings. The summed E-state index contributed by atoms with van der Waals surface area (Å²) in [6.45, 7) is 4.57. The molecular weight excluding hydrogens is 232 g/mol. The molecule has 0 aromatic carbocycles. The van der Waals surface area contributed by atoms with Crippen molar-refractivity contribution in [1.82, 2.24) is 10.2 Å². The number of nitrogens with zero attached hydrogens (tertiary/aromatic N) is 1. The molecule has 104 valence electrons. The fourth-order valence-electron chi connectivity index (χ4n) is 2.31. The third-order valence-electron chi connectivity index (χ3n) is 3.59. The zero-order valence-electron chi connectivity index (χ0n) is 11.6. The van der Waals surface area contributed by atoms with Crippen LogP contribution in [0.3, 0.4) is 0 Å². The molecule has 1 unspecified atom stereocenters. The van der Waals surface area contributed by atoms with Crippen molar-refractivity contribution in [2.45, 2.75) is 51.6 Å². The minimum Gasteiger partial charge on any atom is -0.468 e. The van der Waals surface area contributed by atoms with Crippen LogP contribution in [0.2, 0.25) is 0 Å². The number of hydrogen-bond acceptors (Lipinski definition) is 4. The number of carbonyl (C=O) groups excluding carboxylic acids is 2. The van der Waals surface area contributed by atoms with E-state index in [1.54, 1.807) is 0 Å². The SMILES string of the molecule is CCN(CC(=O)OC)C(C)C(=O)NC1CCCC1. The first kappa shape index (κ1) is 15.0. The lowest BCUT2D eigenvalue weighted by Crippen LogP contribution is -2.49. The Balaban J connectivity index is 2.45. The number of esters is 1. The van der Waals surface area contributed by atoms with Gasteiger partial charge < -0.3 is 10.1 Å². The second kappa shape index (κ2) is 7.36. The van der Waals surface area contributed by atoms with Crippen LogP contribution in [0.1, 0.15) is 39.5 Å². The number of likely N-dealkylation sites (N-methyl/N-ethyl adjacent to an activating group) is 1. The molecule has 18 heavy (non-hydrogen) atoms. The normalized spacial score (nSPS) is 17.8. The number of carbonyl (C=O) groups is 2. The molecule has 0 aliphatic heterocycles. The molecule has 0 aromatic heterocycles. The molecule has 0 spiro atoms. The number of rotatable bonds is 6. The van der Waals surface area contributed by atoms with E-state index in [1.807, 2.05) is 18.7 Å². The average molecular weight is 256 g/mol. The zero-order chi connectivity index (χ0) is 13.5. The first-order valence-electron chi connectivity index (χ1n) is 6.69. The van der Waals surface area contributed by atoms with Gasteiger partial charge in [-0.1, -0.05) is 19.8 Å². The highest BCUT2D eigenvalue weighted by molar-refractivity contribution is 5.82. The van der Waals surface area contributed by atoms with Crippen LogP contribution in [-0.2, 0) is 14.3 Å². The maximum atomic E-state index is 12.1. The molecule has 0 heterocycles. The fraction of sp³-hybridized carbons (Fsp3) is 0.846. The molecule has 0 saturated heterocycles. The molecule has 1 saturated carbocycles. The van der Waals surface area contributed by atoms with Gasteiger partial charge in [-0.2, -0.15) is 0 Å². The molecular formula is C13H24N2O3. The average Bonchev–Trinajstić information content (AvgIpc) is 2.87. The summed E-state index contributed by atoms with van der Waals surface area (Å²) in [5.74, 6) is -0.301. The van der Waals surface area contributed by atoms with Crippen LogP contribution in [0, 0.1) is 0 Å². The van der Waals surface area contributed by atoms with Gasteiger partial charge in [0.1, 0.15) is 0 Å². The Morgan fingerprint density at radius 1 is 1.39 bits per heavy atom. The van der Waals surface area contributed by atoms with Crippen LogP contribution in [0.15, 0.2) is 0 Å². The second-order valence-electron chi connectivity index (χ2n) is 4.81. The Labute approximate surface area is 109 Å². The van der Waals surface area contributed by atoms with Gasteiger partial charge in [0.05, 0.1) is 19.7 Å². The molecule has 1 amide bonds. The molecule has 1 aliphatic rings. The number of nitrogens with one attached hydrogen (secondary N) is 1. The van der Waals surface area contributed by atoms with E-state index in [0.29, 0.717) is 12.6 Å². The summed E-state index contributed by atoms with van der Waals surface area (Å²) < 4.78 is 4.63. The van der Waals surface area contributed by atoms with Crippen LogP contribution in [0.5, 0.6) is 0 Å². The maximum absolute atomic E-state index is 12.1. The van der Waals surface area contributed by atoms with Crippen molar-refractivity contribution < 1.29 is 14.3 Å². The molecule has 5 heteroatoms. The van der Waals surface area contributed by atoms with Gasteiger partial charge in [-0.15, -0.1) is 0 Å². The third kappa shape index (κ3) is 4.29. The van der Waals surface area contributed by atoms with Crippen molar-refractivity contribution in [3.8, 4) is 0 Å². The predicted octanol–water partition coefficient (Wildman–Crippen LogP) is 0.929. The Bertz CT molecular complexity index is 288. The Kier molecular flexibility index (Phi) is 6.12. The molecule has 1 atom stereocenters. The van der Waals surface area contributed by atoms with Crippen molar-refractivity contribution in [2.24, 2.45) is 0 Å². The van der Waals surface area contributed by atoms with E-state index >= 15 is 0 Å². The third-order valence-corrected chi connectivity index (χ3v) is 3.59. The Hall–Kier alpha value is -1.10. The van der Waals surface area contributed by atoms with Crippen LogP contribution in [0.4, 0.5) is 0 Å². The second-order valence-corrected chi connectivity index (χ2v) is 4.81. The number of amides is 1. The predicted molar refractivity (Wildman–Crippen MR) is 69.1 cm³/mol. The number of methoxy groups -OCH3 is 1. The van der Waals surface area contributed by atoms with Crippen molar-refractivity contribution in [3.05, 3.63) is 0 Å². The molecule has 1 rings (SSSR count). The molecule has 1 aliphatic carbocycles. The quantitative estimate of drug-likeness (QED) is 0.718. The van der Waals surface area contributed by atoms with Gasteiger partial charge in [-0.3, -0.25) is 14.5 Å². The molecule has 5 nitrogen and oxygen atoms in total. The smallest absolute Gasteiger partial charge is 0.319 e. The minimum absolute atomic E-state index is 0.00709. The van der Waals surface area contributed by atoms with Crippen molar-refractivity contribution in [1.29, 1.82) is 0 Å². The Morgan fingerprint density at radius 2 is 2.00 bits per heavy atom. The summed E-state index contributed by atoms with van der Waals surface area (Å²) in [5.41, 5.74) is 0. The zero-order valence-corrected chi connectivity index (χ0v) is 11.6.